The summed E-state index contributed by atoms with van der Waals surface area (Å²) in [7, 11) is 5.36. The minimum absolute atomic E-state index is 0.0867. The van der Waals surface area contributed by atoms with E-state index in [1.807, 2.05) is 51.1 Å². The second kappa shape index (κ2) is 10.2. The minimum Gasteiger partial charge on any atom is -0.375 e. The van der Waals surface area contributed by atoms with Crippen molar-refractivity contribution >= 4 is 39.4 Å². The van der Waals surface area contributed by atoms with Gasteiger partial charge in [0.2, 0.25) is 0 Å². The van der Waals surface area contributed by atoms with E-state index in [-0.39, 0.29) is 23.0 Å². The third-order valence-electron chi connectivity index (χ3n) is 6.04. The van der Waals surface area contributed by atoms with E-state index in [1.165, 1.54) is 0 Å². The molecule has 2 aliphatic heterocycles. The summed E-state index contributed by atoms with van der Waals surface area (Å²) in [5, 5.41) is 4.09. The fraction of sp³-hybridized carbons (Fsp3) is 0.667. The SMILES string of the molecule is CCN(C)CC(C(=O)ON1C(=O)CCC1=O)C(C)(C)C(C)(C)SSC1C=CC=CN1. The van der Waals surface area contributed by atoms with Crippen LogP contribution in [0.5, 0.6) is 0 Å². The monoisotopic (exact) mass is 455 g/mol. The summed E-state index contributed by atoms with van der Waals surface area (Å²) in [6.45, 7) is 11.6. The van der Waals surface area contributed by atoms with Crippen molar-refractivity contribution in [1.29, 1.82) is 0 Å². The lowest BCUT2D eigenvalue weighted by atomic mass is 9.69. The van der Waals surface area contributed by atoms with Crippen LogP contribution in [-0.4, -0.2) is 58.0 Å². The number of rotatable bonds is 10. The predicted octanol–water partition coefficient (Wildman–Crippen LogP) is 3.35. The summed E-state index contributed by atoms with van der Waals surface area (Å²) >= 11 is 0. The van der Waals surface area contributed by atoms with Crippen molar-refractivity contribution < 1.29 is 19.2 Å². The van der Waals surface area contributed by atoms with Crippen molar-refractivity contribution in [3.8, 4) is 0 Å². The molecule has 0 aromatic carbocycles. The zero-order chi connectivity index (χ0) is 22.5. The Kier molecular flexibility index (Phi) is 8.47. The Hall–Kier alpha value is -1.45. The summed E-state index contributed by atoms with van der Waals surface area (Å²) in [4.78, 5) is 44.5. The molecule has 0 spiro atoms. The predicted molar refractivity (Wildman–Crippen MR) is 122 cm³/mol. The first kappa shape index (κ1) is 24.8. The molecule has 1 saturated heterocycles. The first-order valence-corrected chi connectivity index (χ1v) is 12.4. The van der Waals surface area contributed by atoms with E-state index >= 15 is 0 Å². The maximum absolute atomic E-state index is 13.2. The Balaban J connectivity index is 2.18. The zero-order valence-corrected chi connectivity index (χ0v) is 20.3. The number of nitrogens with zero attached hydrogens (tertiary/aromatic N) is 2. The summed E-state index contributed by atoms with van der Waals surface area (Å²) in [6.07, 6.45) is 8.13. The molecule has 7 nitrogen and oxygen atoms in total. The molecule has 9 heteroatoms. The normalized spacial score (nSPS) is 20.6. The van der Waals surface area contributed by atoms with Gasteiger partial charge in [-0.1, -0.05) is 54.5 Å². The number of amides is 2. The molecule has 1 N–H and O–H groups in total. The van der Waals surface area contributed by atoms with Crippen LogP contribution in [0.25, 0.3) is 0 Å². The number of hydroxylamine groups is 2. The van der Waals surface area contributed by atoms with Crippen LogP contribution < -0.4 is 5.32 Å². The first-order chi connectivity index (χ1) is 14.0. The average molecular weight is 456 g/mol. The van der Waals surface area contributed by atoms with E-state index in [2.05, 4.69) is 25.2 Å². The fourth-order valence-corrected chi connectivity index (χ4v) is 6.06. The third-order valence-corrected chi connectivity index (χ3v) is 9.74. The topological polar surface area (TPSA) is 79.0 Å². The molecule has 168 valence electrons. The molecule has 2 amide bonds. The van der Waals surface area contributed by atoms with Crippen LogP contribution in [0, 0.1) is 11.3 Å². The van der Waals surface area contributed by atoms with Crippen LogP contribution in [0.3, 0.4) is 0 Å². The number of carbonyl (C=O) groups is 3. The number of imide groups is 1. The van der Waals surface area contributed by atoms with Gasteiger partial charge in [0.25, 0.3) is 11.8 Å². The number of allylic oxidation sites excluding steroid dienone is 2. The molecule has 30 heavy (non-hydrogen) atoms. The van der Waals surface area contributed by atoms with Gasteiger partial charge >= 0.3 is 5.97 Å². The smallest absolute Gasteiger partial charge is 0.338 e. The van der Waals surface area contributed by atoms with E-state index in [4.69, 9.17) is 4.84 Å². The molecule has 2 unspecified atom stereocenters. The highest BCUT2D eigenvalue weighted by molar-refractivity contribution is 8.77. The molecular weight excluding hydrogens is 422 g/mol. The van der Waals surface area contributed by atoms with Crippen molar-refractivity contribution in [3.63, 3.8) is 0 Å². The number of hydrogen-bond donors (Lipinski definition) is 1. The standard InChI is InChI=1S/C21H33N3O4S2/c1-7-23(6)14-15(19(27)28-24-17(25)11-12-18(24)26)20(2,3)21(4,5)30-29-16-10-8-9-13-22-16/h8-10,13,15-16,22H,7,11-12,14H2,1-6H3. The largest absolute Gasteiger partial charge is 0.375 e. The van der Waals surface area contributed by atoms with Crippen LogP contribution in [0.1, 0.15) is 47.5 Å². The lowest BCUT2D eigenvalue weighted by Crippen LogP contribution is -2.51. The van der Waals surface area contributed by atoms with Crippen LogP contribution in [-0.2, 0) is 19.2 Å². The van der Waals surface area contributed by atoms with E-state index in [0.29, 0.717) is 11.6 Å². The molecule has 2 atom stereocenters. The molecule has 2 aliphatic rings. The van der Waals surface area contributed by atoms with Crippen LogP contribution in [0.4, 0.5) is 0 Å². The van der Waals surface area contributed by atoms with Crippen molar-refractivity contribution in [1.82, 2.24) is 15.3 Å². The van der Waals surface area contributed by atoms with E-state index in [9.17, 15) is 14.4 Å². The van der Waals surface area contributed by atoms with Crippen molar-refractivity contribution in [2.45, 2.75) is 57.6 Å². The molecule has 0 aromatic rings. The molecule has 2 heterocycles. The van der Waals surface area contributed by atoms with Gasteiger partial charge in [0.05, 0.1) is 5.92 Å². The van der Waals surface area contributed by atoms with Gasteiger partial charge in [-0.3, -0.25) is 9.59 Å². The summed E-state index contributed by atoms with van der Waals surface area (Å²) < 4.78 is -0.314. The fourth-order valence-electron chi connectivity index (χ4n) is 3.04. The average Bonchev–Trinajstić information content (AvgIpc) is 3.02. The third kappa shape index (κ3) is 5.82. The zero-order valence-electron chi connectivity index (χ0n) is 18.6. The van der Waals surface area contributed by atoms with Gasteiger partial charge in [-0.2, -0.15) is 0 Å². The van der Waals surface area contributed by atoms with Gasteiger partial charge in [-0.05, 0) is 45.1 Å². The molecule has 0 saturated carbocycles. The lowest BCUT2D eigenvalue weighted by molar-refractivity contribution is -0.204. The van der Waals surface area contributed by atoms with Crippen LogP contribution in [0.15, 0.2) is 24.4 Å². The van der Waals surface area contributed by atoms with Crippen LogP contribution in [0.2, 0.25) is 0 Å². The van der Waals surface area contributed by atoms with Crippen molar-refractivity contribution in [2.24, 2.45) is 11.3 Å². The van der Waals surface area contributed by atoms with Crippen molar-refractivity contribution in [2.75, 3.05) is 20.1 Å². The number of carbonyl (C=O) groups excluding carboxylic acids is 3. The number of nitrogens with one attached hydrogen (secondary N) is 1. The molecule has 0 radical (unpaired) electrons. The molecule has 1 fully saturated rings. The summed E-state index contributed by atoms with van der Waals surface area (Å²) in [5.41, 5.74) is -0.495. The van der Waals surface area contributed by atoms with Gasteiger partial charge in [-0.15, -0.1) is 5.06 Å². The summed E-state index contributed by atoms with van der Waals surface area (Å²) in [5.74, 6) is -1.98. The minimum atomic E-state index is -0.541. The highest BCUT2D eigenvalue weighted by Gasteiger charge is 2.49. The second-order valence-electron chi connectivity index (χ2n) is 8.64. The quantitative estimate of drug-likeness (QED) is 0.397. The molecule has 2 rings (SSSR count). The van der Waals surface area contributed by atoms with E-state index < -0.39 is 29.1 Å². The molecule has 0 bridgehead atoms. The number of dihydropyridines is 1. The van der Waals surface area contributed by atoms with Crippen LogP contribution >= 0.6 is 21.6 Å². The van der Waals surface area contributed by atoms with E-state index in [1.54, 1.807) is 21.6 Å². The van der Waals surface area contributed by atoms with Gasteiger partial charge in [0, 0.05) is 24.1 Å². The first-order valence-electron chi connectivity index (χ1n) is 10.2. The van der Waals surface area contributed by atoms with Crippen molar-refractivity contribution in [3.05, 3.63) is 24.4 Å². The highest BCUT2D eigenvalue weighted by atomic mass is 33.1. The van der Waals surface area contributed by atoms with Gasteiger partial charge in [0.15, 0.2) is 0 Å². The Labute approximate surface area is 187 Å². The maximum atomic E-state index is 13.2. The van der Waals surface area contributed by atoms with Gasteiger partial charge in [0.1, 0.15) is 5.37 Å². The van der Waals surface area contributed by atoms with Gasteiger partial charge < -0.3 is 15.1 Å². The summed E-state index contributed by atoms with van der Waals surface area (Å²) in [6, 6.07) is 0. The Morgan fingerprint density at radius 3 is 2.43 bits per heavy atom. The second-order valence-corrected chi connectivity index (χ2v) is 11.6. The van der Waals surface area contributed by atoms with Gasteiger partial charge in [-0.25, -0.2) is 4.79 Å². The maximum Gasteiger partial charge on any atom is 0.338 e. The molecular formula is C21H33N3O4S2. The Morgan fingerprint density at radius 2 is 1.90 bits per heavy atom. The molecule has 0 aromatic heterocycles. The lowest BCUT2D eigenvalue weighted by Gasteiger charge is -2.46. The molecule has 0 aliphatic carbocycles. The number of hydrogen-bond acceptors (Lipinski definition) is 8. The Morgan fingerprint density at radius 1 is 1.27 bits per heavy atom. The Bertz CT molecular complexity index is 705. The highest BCUT2D eigenvalue weighted by Crippen LogP contribution is 2.52. The van der Waals surface area contributed by atoms with E-state index in [0.717, 1.165) is 6.54 Å².